The fraction of sp³-hybridized carbons (Fsp3) is 0.250. The van der Waals surface area contributed by atoms with Gasteiger partial charge in [0.05, 0.1) is 0 Å². The van der Waals surface area contributed by atoms with Crippen LogP contribution in [0.3, 0.4) is 0 Å². The summed E-state index contributed by atoms with van der Waals surface area (Å²) in [4.78, 5) is 56.0. The van der Waals surface area contributed by atoms with Crippen molar-refractivity contribution in [1.82, 2.24) is 5.23 Å². The number of carbonyl (C=O) groups excluding carboxylic acids is 4. The summed E-state index contributed by atoms with van der Waals surface area (Å²) < 4.78 is 15.1. The van der Waals surface area contributed by atoms with Crippen LogP contribution in [0.25, 0.3) is 0 Å². The second-order valence-corrected chi connectivity index (χ2v) is 4.51. The van der Waals surface area contributed by atoms with E-state index < -0.39 is 42.3 Å². The van der Waals surface area contributed by atoms with Crippen LogP contribution >= 0.6 is 0 Å². The molecule has 0 aromatic heterocycles. The van der Waals surface area contributed by atoms with E-state index in [2.05, 4.69) is 26.3 Å². The maximum Gasteiger partial charge on any atom is 0.351 e. The molecule has 10 nitrogen and oxygen atoms in total. The maximum atomic E-state index is 11.6. The van der Waals surface area contributed by atoms with Gasteiger partial charge in [0.25, 0.3) is 6.23 Å². The van der Waals surface area contributed by atoms with Gasteiger partial charge in [0.1, 0.15) is 6.61 Å². The van der Waals surface area contributed by atoms with E-state index in [9.17, 15) is 19.2 Å². The van der Waals surface area contributed by atoms with Gasteiger partial charge in [0.2, 0.25) is 0 Å². The Bertz CT molecular complexity index is 573. The number of nitrogens with zero attached hydrogens (tertiary/aromatic N) is 1. The van der Waals surface area contributed by atoms with Crippen molar-refractivity contribution in [2.75, 3.05) is 6.61 Å². The molecule has 1 heterocycles. The van der Waals surface area contributed by atoms with Crippen molar-refractivity contribution in [1.29, 1.82) is 0 Å². The summed E-state index contributed by atoms with van der Waals surface area (Å²) in [5.74, 6) is -3.65. The summed E-state index contributed by atoms with van der Waals surface area (Å²) in [5, 5.41) is 0.491. The number of carbonyl (C=O) groups is 4. The predicted molar refractivity (Wildman–Crippen MR) is 84.3 cm³/mol. The molecule has 1 saturated heterocycles. The molecule has 10 heteroatoms. The number of esters is 3. The number of rotatable bonds is 8. The molecule has 0 spiro atoms. The molecule has 0 bridgehead atoms. The van der Waals surface area contributed by atoms with E-state index in [-0.39, 0.29) is 6.61 Å². The summed E-state index contributed by atoms with van der Waals surface area (Å²) in [6.07, 6.45) is -0.867. The van der Waals surface area contributed by atoms with Crippen LogP contribution in [0, 0.1) is 0 Å². The summed E-state index contributed by atoms with van der Waals surface area (Å²) in [6, 6.07) is 0. The highest BCUT2D eigenvalue weighted by Gasteiger charge is 2.48. The third kappa shape index (κ3) is 5.69. The lowest BCUT2D eigenvalue weighted by atomic mass is 10.1. The fourth-order valence-electron chi connectivity index (χ4n) is 1.71. The summed E-state index contributed by atoms with van der Waals surface area (Å²) in [5.41, 5.74) is 0. The first-order chi connectivity index (χ1) is 12.4. The van der Waals surface area contributed by atoms with Crippen LogP contribution in [0.15, 0.2) is 50.6 Å². The van der Waals surface area contributed by atoms with E-state index in [4.69, 9.17) is 23.9 Å². The molecule has 1 aliphatic heterocycles. The van der Waals surface area contributed by atoms with Crippen molar-refractivity contribution < 1.29 is 43.1 Å². The molecule has 26 heavy (non-hydrogen) atoms. The number of hydroxylamine groups is 2. The minimum Gasteiger partial charge on any atom is -0.452 e. The van der Waals surface area contributed by atoms with Crippen LogP contribution in [0.4, 0.5) is 0 Å². The Morgan fingerprint density at radius 2 is 1.31 bits per heavy atom. The van der Waals surface area contributed by atoms with E-state index in [1.807, 2.05) is 0 Å². The molecule has 1 rings (SSSR count). The molecule has 0 amide bonds. The van der Waals surface area contributed by atoms with Crippen molar-refractivity contribution in [3.63, 3.8) is 0 Å². The van der Waals surface area contributed by atoms with Crippen LogP contribution in [0.1, 0.15) is 0 Å². The second kappa shape index (κ2) is 9.91. The van der Waals surface area contributed by atoms with E-state index in [0.717, 1.165) is 24.3 Å². The van der Waals surface area contributed by atoms with Crippen molar-refractivity contribution >= 4 is 23.9 Å². The zero-order valence-corrected chi connectivity index (χ0v) is 13.7. The third-order valence-corrected chi connectivity index (χ3v) is 2.82. The van der Waals surface area contributed by atoms with Crippen LogP contribution < -0.4 is 0 Å². The SMILES string of the molecule is C=CC(=O)O[C@@H]1[C@H](OC(=O)C=C)CON(OC(=O)C=C)[C@H]1OC(=O)C=C. The molecule has 0 aliphatic carbocycles. The molecule has 0 saturated carbocycles. The highest BCUT2D eigenvalue weighted by Crippen LogP contribution is 2.24. The maximum absolute atomic E-state index is 11.6. The minimum atomic E-state index is -1.61. The molecular formula is C16H17NO9. The fourth-order valence-corrected chi connectivity index (χ4v) is 1.71. The van der Waals surface area contributed by atoms with Gasteiger partial charge in [-0.2, -0.15) is 0 Å². The molecule has 0 radical (unpaired) electrons. The van der Waals surface area contributed by atoms with E-state index in [1.165, 1.54) is 0 Å². The first kappa shape index (κ1) is 20.8. The highest BCUT2D eigenvalue weighted by molar-refractivity contribution is 5.83. The monoisotopic (exact) mass is 367 g/mol. The normalized spacial score (nSPS) is 22.2. The first-order valence-electron chi connectivity index (χ1n) is 7.11. The second-order valence-electron chi connectivity index (χ2n) is 4.51. The standard InChI is InChI=1S/C16H17NO9/c1-5-11(18)23-10-9-22-17(26-14(21)8-4)16(25-13(20)7-3)15(10)24-12(19)6-2/h5-8,10,15-16H,1-4,9H2/t10-,15-,16+/m1/s1. The topological polar surface area (TPSA) is 118 Å². The molecule has 0 aromatic carbocycles. The smallest absolute Gasteiger partial charge is 0.351 e. The van der Waals surface area contributed by atoms with Gasteiger partial charge in [0.15, 0.2) is 12.2 Å². The van der Waals surface area contributed by atoms with Gasteiger partial charge in [-0.1, -0.05) is 26.3 Å². The van der Waals surface area contributed by atoms with Crippen LogP contribution in [0.2, 0.25) is 0 Å². The van der Waals surface area contributed by atoms with Crippen molar-refractivity contribution in [3.8, 4) is 0 Å². The van der Waals surface area contributed by atoms with E-state index >= 15 is 0 Å². The summed E-state index contributed by atoms with van der Waals surface area (Å²) in [6.45, 7) is 12.5. The molecule has 0 unspecified atom stereocenters. The Morgan fingerprint density at radius 3 is 1.85 bits per heavy atom. The highest BCUT2D eigenvalue weighted by atomic mass is 17.0. The first-order valence-corrected chi connectivity index (χ1v) is 7.11. The largest absolute Gasteiger partial charge is 0.452 e. The summed E-state index contributed by atoms with van der Waals surface area (Å²) in [7, 11) is 0. The Kier molecular flexibility index (Phi) is 7.93. The Labute approximate surface area is 148 Å². The van der Waals surface area contributed by atoms with Gasteiger partial charge >= 0.3 is 23.9 Å². The van der Waals surface area contributed by atoms with E-state index in [0.29, 0.717) is 5.23 Å². The molecule has 1 aliphatic rings. The van der Waals surface area contributed by atoms with Crippen LogP contribution in [-0.4, -0.2) is 54.1 Å². The molecule has 3 atom stereocenters. The lowest BCUT2D eigenvalue weighted by Gasteiger charge is -2.39. The minimum absolute atomic E-state index is 0.388. The van der Waals surface area contributed by atoms with Gasteiger partial charge in [-0.15, -0.1) is 0 Å². The average Bonchev–Trinajstić information content (AvgIpc) is 2.65. The Hall–Kier alpha value is -3.24. The lowest BCUT2D eigenvalue weighted by Crippen LogP contribution is -2.60. The summed E-state index contributed by atoms with van der Waals surface area (Å²) >= 11 is 0. The number of hydrogen-bond donors (Lipinski definition) is 0. The van der Waals surface area contributed by atoms with Crippen LogP contribution in [-0.2, 0) is 43.1 Å². The molecular weight excluding hydrogens is 350 g/mol. The third-order valence-electron chi connectivity index (χ3n) is 2.82. The predicted octanol–water partition coefficient (Wildman–Crippen LogP) is 0.129. The Morgan fingerprint density at radius 1 is 0.808 bits per heavy atom. The van der Waals surface area contributed by atoms with Gasteiger partial charge in [-0.25, -0.2) is 19.2 Å². The van der Waals surface area contributed by atoms with Gasteiger partial charge in [-0.05, 0) is 0 Å². The van der Waals surface area contributed by atoms with Gasteiger partial charge in [-0.3, -0.25) is 4.84 Å². The Balaban J connectivity index is 3.18. The van der Waals surface area contributed by atoms with Crippen molar-refractivity contribution in [2.45, 2.75) is 18.4 Å². The molecule has 1 fully saturated rings. The van der Waals surface area contributed by atoms with Gasteiger partial charge in [0, 0.05) is 29.5 Å². The van der Waals surface area contributed by atoms with Crippen molar-refractivity contribution in [2.24, 2.45) is 0 Å². The molecule has 0 N–H and O–H groups in total. The molecule has 0 aromatic rings. The van der Waals surface area contributed by atoms with Crippen molar-refractivity contribution in [3.05, 3.63) is 50.6 Å². The molecule has 140 valence electrons. The zero-order valence-electron chi connectivity index (χ0n) is 13.7. The van der Waals surface area contributed by atoms with E-state index in [1.54, 1.807) is 0 Å². The average molecular weight is 367 g/mol. The number of hydrogen-bond acceptors (Lipinski definition) is 10. The zero-order chi connectivity index (χ0) is 19.7. The lowest BCUT2D eigenvalue weighted by molar-refractivity contribution is -0.435. The van der Waals surface area contributed by atoms with Crippen LogP contribution in [0.5, 0.6) is 0 Å². The van der Waals surface area contributed by atoms with Gasteiger partial charge < -0.3 is 19.0 Å². The number of ether oxygens (including phenoxy) is 3. The quantitative estimate of drug-likeness (QED) is 0.333.